The minimum absolute atomic E-state index is 0.121. The molecule has 0 saturated heterocycles. The molecule has 1 N–H and O–H groups in total. The van der Waals surface area contributed by atoms with E-state index in [0.717, 1.165) is 6.92 Å². The van der Waals surface area contributed by atoms with E-state index >= 15 is 0 Å². The van der Waals surface area contributed by atoms with Crippen LogP contribution in [0.5, 0.6) is 0 Å². The van der Waals surface area contributed by atoms with E-state index in [2.05, 4.69) is 24.4 Å². The Labute approximate surface area is 109 Å². The van der Waals surface area contributed by atoms with Crippen LogP contribution in [0.4, 0.5) is 0 Å². The highest BCUT2D eigenvalue weighted by Gasteiger charge is 1.97. The fourth-order valence-electron chi connectivity index (χ4n) is 0.800. The Morgan fingerprint density at radius 2 is 1.50 bits per heavy atom. The van der Waals surface area contributed by atoms with E-state index in [1.165, 1.54) is 29.2 Å². The summed E-state index contributed by atoms with van der Waals surface area (Å²) in [5, 5.41) is 9.50. The lowest BCUT2D eigenvalue weighted by molar-refractivity contribution is -0.134. The van der Waals surface area contributed by atoms with Crippen molar-refractivity contribution in [2.75, 3.05) is 0 Å². The highest BCUT2D eigenvalue weighted by molar-refractivity contribution is 7.09. The first-order chi connectivity index (χ1) is 8.41. The molecule has 5 heteroatoms. The van der Waals surface area contributed by atoms with Crippen LogP contribution >= 0.6 is 11.3 Å². The molecule has 0 radical (unpaired) electrons. The van der Waals surface area contributed by atoms with Gasteiger partial charge in [-0.3, -0.25) is 14.4 Å². The molecule has 0 aliphatic heterocycles. The van der Waals surface area contributed by atoms with E-state index in [0.29, 0.717) is 0 Å². The monoisotopic (exact) mass is 266 g/mol. The average Bonchev–Trinajstić information content (AvgIpc) is 2.74. The zero-order chi connectivity index (χ0) is 14.0. The fraction of sp³-hybridized carbons (Fsp3) is 0.154. The van der Waals surface area contributed by atoms with Gasteiger partial charge in [0.05, 0.1) is 0 Å². The van der Waals surface area contributed by atoms with Gasteiger partial charge in [-0.1, -0.05) is 6.07 Å². The summed E-state index contributed by atoms with van der Waals surface area (Å²) in [7, 11) is 0. The maximum atomic E-state index is 10.3. The summed E-state index contributed by atoms with van der Waals surface area (Å²) in [6.45, 7) is 3.19. The molecule has 1 aromatic rings. The largest absolute Gasteiger partial charge is 0.481 e. The Balaban J connectivity index is 0.000000257. The van der Waals surface area contributed by atoms with Crippen molar-refractivity contribution in [2.24, 2.45) is 0 Å². The lowest BCUT2D eigenvalue weighted by atomic mass is 10.2. The summed E-state index contributed by atoms with van der Waals surface area (Å²) in [6, 6.07) is 4.16. The van der Waals surface area contributed by atoms with E-state index in [4.69, 9.17) is 9.90 Å². The van der Waals surface area contributed by atoms with Crippen molar-refractivity contribution in [2.45, 2.75) is 13.8 Å². The molecule has 1 heterocycles. The van der Waals surface area contributed by atoms with Crippen molar-refractivity contribution >= 4 is 28.9 Å². The number of rotatable bonds is 0. The second-order valence-corrected chi connectivity index (χ2v) is 4.37. The van der Waals surface area contributed by atoms with Gasteiger partial charge in [-0.15, -0.1) is 11.3 Å². The van der Waals surface area contributed by atoms with E-state index in [1.54, 1.807) is 11.3 Å². The van der Waals surface area contributed by atoms with Gasteiger partial charge in [-0.2, -0.15) is 0 Å². The zero-order valence-electron chi connectivity index (χ0n) is 10.1. The van der Waals surface area contributed by atoms with Gasteiger partial charge < -0.3 is 5.11 Å². The van der Waals surface area contributed by atoms with Crippen molar-refractivity contribution in [3.05, 3.63) is 46.7 Å². The highest BCUT2D eigenvalue weighted by Crippen LogP contribution is 2.03. The Bertz CT molecular complexity index is 413. The highest BCUT2D eigenvalue weighted by atomic mass is 32.1. The van der Waals surface area contributed by atoms with Crippen LogP contribution in [-0.2, 0) is 14.4 Å². The quantitative estimate of drug-likeness (QED) is 0.732. The summed E-state index contributed by atoms with van der Waals surface area (Å²) in [5.41, 5.74) is 0. The van der Waals surface area contributed by atoms with Crippen molar-refractivity contribution in [3.8, 4) is 0 Å². The predicted octanol–water partition coefficient (Wildman–Crippen LogP) is 2.40. The molecular weight excluding hydrogens is 252 g/mol. The number of carboxylic acid groups (broad SMARTS) is 1. The zero-order valence-corrected chi connectivity index (χ0v) is 10.9. The third-order valence-corrected chi connectivity index (χ3v) is 2.29. The number of hydrogen-bond donors (Lipinski definition) is 1. The maximum absolute atomic E-state index is 10.3. The summed E-state index contributed by atoms with van der Waals surface area (Å²) >= 11 is 1.78. The minimum Gasteiger partial charge on any atom is -0.481 e. The molecule has 0 unspecified atom stereocenters. The maximum Gasteiger partial charge on any atom is 0.300 e. The third-order valence-electron chi connectivity index (χ3n) is 1.49. The van der Waals surface area contributed by atoms with Gasteiger partial charge in [0.2, 0.25) is 0 Å². The van der Waals surface area contributed by atoms with Gasteiger partial charge >= 0.3 is 0 Å². The van der Waals surface area contributed by atoms with Gasteiger partial charge in [0.1, 0.15) is 0 Å². The molecule has 0 saturated carbocycles. The van der Waals surface area contributed by atoms with Gasteiger partial charge in [0.15, 0.2) is 11.6 Å². The molecule has 1 aliphatic rings. The summed E-state index contributed by atoms with van der Waals surface area (Å²) < 4.78 is 0. The second kappa shape index (κ2) is 9.07. The molecule has 0 fully saturated rings. The molecule has 0 aromatic carbocycles. The molecule has 1 aromatic heterocycles. The molecule has 0 spiro atoms. The topological polar surface area (TPSA) is 71.4 Å². The fourth-order valence-corrected chi connectivity index (χ4v) is 1.33. The minimum atomic E-state index is -0.833. The van der Waals surface area contributed by atoms with Crippen molar-refractivity contribution in [3.63, 3.8) is 0 Å². The lowest BCUT2D eigenvalue weighted by Crippen LogP contribution is -1.97. The molecule has 4 nitrogen and oxygen atoms in total. The number of hydrogen-bond acceptors (Lipinski definition) is 4. The SMILES string of the molecule is CC(=O)O.Cc1cccs1.O=C1C=CC(=O)C=C1. The third kappa shape index (κ3) is 10.5. The van der Waals surface area contributed by atoms with E-state index in [-0.39, 0.29) is 11.6 Å². The number of carboxylic acids is 1. The Kier molecular flexibility index (Phi) is 8.05. The summed E-state index contributed by atoms with van der Waals surface area (Å²) in [4.78, 5) is 30.9. The molecule has 1 aliphatic carbocycles. The molecule has 96 valence electrons. The number of carbonyl (C=O) groups is 3. The Hall–Kier alpha value is -2.01. The predicted molar refractivity (Wildman–Crippen MR) is 70.7 cm³/mol. The molecule has 0 bridgehead atoms. The lowest BCUT2D eigenvalue weighted by Gasteiger charge is -1.87. The molecule has 2 rings (SSSR count). The first-order valence-corrected chi connectivity index (χ1v) is 5.93. The average molecular weight is 266 g/mol. The normalized spacial score (nSPS) is 12.1. The number of thiophene rings is 1. The van der Waals surface area contributed by atoms with Crippen molar-refractivity contribution in [1.29, 1.82) is 0 Å². The molecule has 0 atom stereocenters. The molecule has 18 heavy (non-hydrogen) atoms. The Morgan fingerprint density at radius 3 is 1.67 bits per heavy atom. The smallest absolute Gasteiger partial charge is 0.300 e. The number of aryl methyl sites for hydroxylation is 1. The van der Waals surface area contributed by atoms with E-state index < -0.39 is 5.97 Å². The van der Waals surface area contributed by atoms with Gasteiger partial charge in [-0.25, -0.2) is 0 Å². The van der Waals surface area contributed by atoms with Crippen LogP contribution in [0.25, 0.3) is 0 Å². The van der Waals surface area contributed by atoms with E-state index in [9.17, 15) is 9.59 Å². The van der Waals surface area contributed by atoms with E-state index in [1.807, 2.05) is 0 Å². The number of aliphatic carboxylic acids is 1. The van der Waals surface area contributed by atoms with Gasteiger partial charge in [-0.05, 0) is 42.7 Å². The van der Waals surface area contributed by atoms with Crippen LogP contribution in [0.3, 0.4) is 0 Å². The van der Waals surface area contributed by atoms with Gasteiger partial charge in [0, 0.05) is 11.8 Å². The standard InChI is InChI=1S/C6H4O2.C5H6S.C2H4O2/c7-5-1-2-6(8)4-3-5;1-5-3-2-4-6-5;1-2(3)4/h1-4H;2-4H,1H3;1H3,(H,3,4). The van der Waals surface area contributed by atoms with Crippen LogP contribution in [0, 0.1) is 6.92 Å². The summed E-state index contributed by atoms with van der Waals surface area (Å²) in [5.74, 6) is -1.07. The summed E-state index contributed by atoms with van der Waals surface area (Å²) in [6.07, 6.45) is 5.01. The van der Waals surface area contributed by atoms with Crippen LogP contribution in [0.2, 0.25) is 0 Å². The Morgan fingerprint density at radius 1 is 1.11 bits per heavy atom. The van der Waals surface area contributed by atoms with Crippen molar-refractivity contribution in [1.82, 2.24) is 0 Å². The van der Waals surface area contributed by atoms with Gasteiger partial charge in [0.25, 0.3) is 5.97 Å². The second-order valence-electron chi connectivity index (χ2n) is 3.21. The van der Waals surface area contributed by atoms with Crippen LogP contribution in [0.15, 0.2) is 41.8 Å². The van der Waals surface area contributed by atoms with Crippen LogP contribution in [0.1, 0.15) is 11.8 Å². The van der Waals surface area contributed by atoms with Crippen LogP contribution < -0.4 is 0 Å². The number of ketones is 2. The van der Waals surface area contributed by atoms with Crippen molar-refractivity contribution < 1.29 is 19.5 Å². The molecular formula is C13H14O4S. The number of carbonyl (C=O) groups excluding carboxylic acids is 2. The number of allylic oxidation sites excluding steroid dienone is 4. The first kappa shape index (κ1) is 16.0. The molecule has 0 amide bonds. The van der Waals surface area contributed by atoms with Crippen LogP contribution in [-0.4, -0.2) is 22.6 Å². The first-order valence-electron chi connectivity index (χ1n) is 5.05.